The van der Waals surface area contributed by atoms with Crippen molar-refractivity contribution in [2.45, 2.75) is 61.4 Å². The first-order valence-electron chi connectivity index (χ1n) is 13.0. The number of aliphatic carboxylic acids is 1. The first-order chi connectivity index (χ1) is 18.7. The first kappa shape index (κ1) is 25.4. The third-order valence-corrected chi connectivity index (χ3v) is 8.69. The summed E-state index contributed by atoms with van der Waals surface area (Å²) in [5, 5.41) is 32.2. The zero-order valence-electron chi connectivity index (χ0n) is 21.3. The Hall–Kier alpha value is -3.89. The van der Waals surface area contributed by atoms with E-state index in [2.05, 4.69) is 4.90 Å². The van der Waals surface area contributed by atoms with Gasteiger partial charge in [-0.3, -0.25) is 9.59 Å². The van der Waals surface area contributed by atoms with Gasteiger partial charge < -0.3 is 34.4 Å². The Balaban J connectivity index is 1.19. The number of carbonyl (C=O) groups excluding carboxylic acids is 2. The predicted molar refractivity (Wildman–Crippen MR) is 135 cm³/mol. The van der Waals surface area contributed by atoms with Crippen molar-refractivity contribution in [3.8, 4) is 11.5 Å². The molecule has 10 nitrogen and oxygen atoms in total. The van der Waals surface area contributed by atoms with Crippen LogP contribution in [-0.2, 0) is 35.7 Å². The van der Waals surface area contributed by atoms with E-state index in [0.29, 0.717) is 30.7 Å². The molecule has 2 aliphatic carbocycles. The lowest BCUT2D eigenvalue weighted by molar-refractivity contribution is -0.170. The van der Waals surface area contributed by atoms with Crippen LogP contribution in [-0.4, -0.2) is 69.5 Å². The summed E-state index contributed by atoms with van der Waals surface area (Å²) in [4.78, 5) is 39.0. The zero-order valence-corrected chi connectivity index (χ0v) is 21.3. The number of carbonyl (C=O) groups is 3. The van der Waals surface area contributed by atoms with Gasteiger partial charge in [0, 0.05) is 23.6 Å². The topological polar surface area (TPSA) is 143 Å². The van der Waals surface area contributed by atoms with Gasteiger partial charge >= 0.3 is 17.9 Å². The van der Waals surface area contributed by atoms with Gasteiger partial charge in [-0.25, -0.2) is 4.79 Å². The van der Waals surface area contributed by atoms with Crippen molar-refractivity contribution < 1.29 is 43.9 Å². The number of esters is 2. The van der Waals surface area contributed by atoms with E-state index in [1.807, 2.05) is 13.1 Å². The van der Waals surface area contributed by atoms with Crippen molar-refractivity contribution in [1.29, 1.82) is 0 Å². The van der Waals surface area contributed by atoms with Crippen molar-refractivity contribution in [2.24, 2.45) is 0 Å². The smallest absolute Gasteiger partial charge is 0.349 e. The van der Waals surface area contributed by atoms with Crippen LogP contribution in [0, 0.1) is 0 Å². The molecule has 0 amide bonds. The molecule has 0 unspecified atom stereocenters. The number of hydrogen-bond donors (Lipinski definition) is 3. The second kappa shape index (κ2) is 9.10. The molecular formula is C29H29NO9. The molecule has 2 bridgehead atoms. The van der Waals surface area contributed by atoms with E-state index >= 15 is 0 Å². The Bertz CT molecular complexity index is 1390. The third-order valence-electron chi connectivity index (χ3n) is 8.69. The maximum Gasteiger partial charge on any atom is 0.349 e. The van der Waals surface area contributed by atoms with Crippen LogP contribution in [0.5, 0.6) is 11.5 Å². The second-order valence-electron chi connectivity index (χ2n) is 10.7. The van der Waals surface area contributed by atoms with Gasteiger partial charge in [0.25, 0.3) is 0 Å². The van der Waals surface area contributed by atoms with Gasteiger partial charge in [0.05, 0.1) is 23.9 Å². The highest BCUT2D eigenvalue weighted by Gasteiger charge is 2.72. The van der Waals surface area contributed by atoms with Crippen molar-refractivity contribution in [2.75, 3.05) is 13.6 Å². The molecule has 10 heteroatoms. The number of hydrogen-bond acceptors (Lipinski definition) is 9. The Kier molecular flexibility index (Phi) is 5.92. The van der Waals surface area contributed by atoms with Gasteiger partial charge in [0.15, 0.2) is 17.6 Å². The maximum atomic E-state index is 12.8. The highest BCUT2D eigenvalue weighted by molar-refractivity contribution is 5.82. The minimum absolute atomic E-state index is 0.0305. The second-order valence-corrected chi connectivity index (χ2v) is 10.7. The van der Waals surface area contributed by atoms with Gasteiger partial charge in [-0.2, -0.15) is 0 Å². The van der Waals surface area contributed by atoms with Crippen LogP contribution in [0.2, 0.25) is 0 Å². The number of piperidine rings is 1. The van der Waals surface area contributed by atoms with Gasteiger partial charge in [-0.15, -0.1) is 0 Å². The number of benzene rings is 2. The summed E-state index contributed by atoms with van der Waals surface area (Å²) in [7, 11) is 1.98. The summed E-state index contributed by atoms with van der Waals surface area (Å²) >= 11 is 0. The van der Waals surface area contributed by atoms with E-state index in [1.54, 1.807) is 30.3 Å². The molecule has 1 spiro atoms. The number of phenols is 1. The van der Waals surface area contributed by atoms with E-state index in [-0.39, 0.29) is 36.8 Å². The Labute approximate surface area is 224 Å². The minimum Gasteiger partial charge on any atom is -0.504 e. The minimum atomic E-state index is -1.48. The standard InChI is InChI=1S/C29H29NO9/c1-30-14-13-28-23-17-7-8-18(31)25(23)39-26(28)19(11-12-29(28,36)20(30)15-17)37-21(32)9-10-22(33)38-24(27(34)35)16-5-3-2-4-6-16/h2-8,11,20,24,26,31,36H,9-10,12-15H2,1H3,(H,34,35)/t20-,24+,26+,28+,29-/m1/s1. The molecule has 39 heavy (non-hydrogen) atoms. The summed E-state index contributed by atoms with van der Waals surface area (Å²) in [6.45, 7) is 0.695. The zero-order chi connectivity index (χ0) is 27.5. The number of aromatic hydroxyl groups is 1. The lowest BCUT2D eigenvalue weighted by Gasteiger charge is -2.61. The Morgan fingerprint density at radius 3 is 2.62 bits per heavy atom. The van der Waals surface area contributed by atoms with E-state index in [1.165, 1.54) is 12.1 Å². The van der Waals surface area contributed by atoms with E-state index in [0.717, 1.165) is 11.1 Å². The van der Waals surface area contributed by atoms with Crippen molar-refractivity contribution in [3.63, 3.8) is 0 Å². The van der Waals surface area contributed by atoms with Crippen LogP contribution < -0.4 is 4.74 Å². The Morgan fingerprint density at radius 1 is 1.13 bits per heavy atom. The van der Waals surface area contributed by atoms with Gasteiger partial charge in [0.2, 0.25) is 6.10 Å². The summed E-state index contributed by atoms with van der Waals surface area (Å²) in [5.74, 6) is -2.36. The van der Waals surface area contributed by atoms with Crippen LogP contribution in [0.3, 0.4) is 0 Å². The monoisotopic (exact) mass is 535 g/mol. The molecule has 2 heterocycles. The molecule has 0 radical (unpaired) electrons. The lowest BCUT2D eigenvalue weighted by atomic mass is 9.50. The highest BCUT2D eigenvalue weighted by atomic mass is 16.6. The number of nitrogens with zero attached hydrogens (tertiary/aromatic N) is 1. The SMILES string of the molecule is CN1CC[C@]23c4c5ccc(O)c4O[C@H]2C(OC(=O)CCC(=O)O[C@H](C(=O)O)c2ccccc2)=CC[C@@]3(O)[C@H]1C5. The molecule has 1 fully saturated rings. The van der Waals surface area contributed by atoms with Crippen LogP contribution >= 0.6 is 0 Å². The van der Waals surface area contributed by atoms with Crippen LogP contribution in [0.15, 0.2) is 54.3 Å². The summed E-state index contributed by atoms with van der Waals surface area (Å²) < 4.78 is 17.1. The normalized spacial score (nSPS) is 28.9. The number of ether oxygens (including phenoxy) is 3. The molecule has 2 aromatic rings. The molecule has 5 atom stereocenters. The van der Waals surface area contributed by atoms with E-state index < -0.39 is 41.1 Å². The third kappa shape index (κ3) is 3.73. The molecule has 6 rings (SSSR count). The van der Waals surface area contributed by atoms with E-state index in [4.69, 9.17) is 14.2 Å². The quantitative estimate of drug-likeness (QED) is 0.452. The molecular weight excluding hydrogens is 506 g/mol. The largest absolute Gasteiger partial charge is 0.504 e. The number of carboxylic acids is 1. The molecule has 3 N–H and O–H groups in total. The molecule has 2 aliphatic heterocycles. The highest BCUT2D eigenvalue weighted by Crippen LogP contribution is 2.65. The van der Waals surface area contributed by atoms with Gasteiger partial charge in [-0.1, -0.05) is 36.4 Å². The number of likely N-dealkylation sites (tertiary alicyclic amines) is 1. The van der Waals surface area contributed by atoms with Crippen LogP contribution in [0.1, 0.15) is 48.5 Å². The van der Waals surface area contributed by atoms with Crippen molar-refractivity contribution >= 4 is 17.9 Å². The first-order valence-corrected chi connectivity index (χ1v) is 13.0. The molecule has 0 aromatic heterocycles. The average Bonchev–Trinajstić information content (AvgIpc) is 3.28. The Morgan fingerprint density at radius 2 is 1.87 bits per heavy atom. The summed E-state index contributed by atoms with van der Waals surface area (Å²) in [6.07, 6.45) is 0.0368. The predicted octanol–water partition coefficient (Wildman–Crippen LogP) is 2.36. The van der Waals surface area contributed by atoms with Gasteiger partial charge in [-0.05, 0) is 44.1 Å². The fourth-order valence-electron chi connectivity index (χ4n) is 6.90. The van der Waals surface area contributed by atoms with Crippen LogP contribution in [0.25, 0.3) is 0 Å². The number of phenolic OH excluding ortho intramolecular Hbond substituents is 1. The number of likely N-dealkylation sites (N-methyl/N-ethyl adjacent to an activating group) is 1. The summed E-state index contributed by atoms with van der Waals surface area (Å²) in [5.41, 5.74) is 0.0159. The maximum absolute atomic E-state index is 12.8. The average molecular weight is 536 g/mol. The molecule has 204 valence electrons. The number of aliphatic hydroxyl groups is 1. The molecule has 4 aliphatic rings. The molecule has 1 saturated heterocycles. The summed E-state index contributed by atoms with van der Waals surface area (Å²) in [6, 6.07) is 11.4. The van der Waals surface area contributed by atoms with Crippen molar-refractivity contribution in [1.82, 2.24) is 4.90 Å². The molecule has 0 saturated carbocycles. The fraction of sp³-hybridized carbons (Fsp3) is 0.414. The fourth-order valence-corrected chi connectivity index (χ4v) is 6.90. The van der Waals surface area contributed by atoms with Crippen molar-refractivity contribution in [3.05, 3.63) is 71.0 Å². The number of rotatable bonds is 7. The lowest BCUT2D eigenvalue weighted by Crippen LogP contribution is -2.74. The van der Waals surface area contributed by atoms with E-state index in [9.17, 15) is 29.7 Å². The number of carboxylic acid groups (broad SMARTS) is 1. The van der Waals surface area contributed by atoms with Gasteiger partial charge in [0.1, 0.15) is 5.76 Å². The van der Waals surface area contributed by atoms with Crippen LogP contribution in [0.4, 0.5) is 0 Å². The molecule has 2 aromatic carbocycles.